The Balaban J connectivity index is 2.25. The number of phenolic OH excluding ortho intramolecular Hbond substituents is 1. The zero-order valence-corrected chi connectivity index (χ0v) is 10.1. The zero-order valence-electron chi connectivity index (χ0n) is 10.1. The second-order valence-corrected chi connectivity index (χ2v) is 4.10. The predicted molar refractivity (Wildman–Crippen MR) is 67.2 cm³/mol. The highest BCUT2D eigenvalue weighted by Crippen LogP contribution is 2.20. The highest BCUT2D eigenvalue weighted by Gasteiger charge is 2.12. The number of hydrogen-bond acceptors (Lipinski definition) is 2. The maximum absolute atomic E-state index is 13.0. The van der Waals surface area contributed by atoms with Crippen LogP contribution in [-0.2, 0) is 0 Å². The molecule has 2 rings (SSSR count). The van der Waals surface area contributed by atoms with E-state index in [1.807, 2.05) is 0 Å². The van der Waals surface area contributed by atoms with E-state index in [0.29, 0.717) is 0 Å². The van der Waals surface area contributed by atoms with E-state index in [9.17, 15) is 18.7 Å². The zero-order chi connectivity index (χ0) is 14.0. The van der Waals surface area contributed by atoms with E-state index in [-0.39, 0.29) is 17.0 Å². The molecule has 0 spiro atoms. The number of halogens is 2. The van der Waals surface area contributed by atoms with Crippen molar-refractivity contribution in [2.24, 2.45) is 0 Å². The summed E-state index contributed by atoms with van der Waals surface area (Å²) in [5.41, 5.74) is 0.989. The van der Waals surface area contributed by atoms with Crippen LogP contribution >= 0.6 is 0 Å². The lowest BCUT2D eigenvalue weighted by molar-refractivity contribution is 0.102. The molecule has 5 heteroatoms. The van der Waals surface area contributed by atoms with E-state index in [2.05, 4.69) is 5.32 Å². The molecule has 0 fully saturated rings. The van der Waals surface area contributed by atoms with E-state index in [1.54, 1.807) is 13.0 Å². The summed E-state index contributed by atoms with van der Waals surface area (Å²) in [6, 6.07) is 7.59. The molecule has 0 heterocycles. The summed E-state index contributed by atoms with van der Waals surface area (Å²) in [5, 5.41) is 12.0. The first-order chi connectivity index (χ1) is 8.97. The second kappa shape index (κ2) is 5.06. The molecule has 0 radical (unpaired) electrons. The van der Waals surface area contributed by atoms with Crippen LogP contribution in [0.1, 0.15) is 15.9 Å². The van der Waals surface area contributed by atoms with Gasteiger partial charge in [0.25, 0.3) is 5.91 Å². The van der Waals surface area contributed by atoms with Gasteiger partial charge in [0.1, 0.15) is 5.75 Å². The number of benzene rings is 2. The number of carbonyl (C=O) groups is 1. The fourth-order valence-electron chi connectivity index (χ4n) is 1.60. The van der Waals surface area contributed by atoms with Crippen molar-refractivity contribution >= 4 is 11.6 Å². The molecule has 0 aromatic heterocycles. The van der Waals surface area contributed by atoms with Crippen molar-refractivity contribution in [1.82, 2.24) is 0 Å². The highest BCUT2D eigenvalue weighted by atomic mass is 19.2. The van der Waals surface area contributed by atoms with Crippen molar-refractivity contribution in [3.05, 3.63) is 59.2 Å². The Kier molecular flexibility index (Phi) is 3.46. The molecule has 19 heavy (non-hydrogen) atoms. The number of aromatic hydroxyl groups is 1. The Morgan fingerprint density at radius 3 is 2.53 bits per heavy atom. The van der Waals surface area contributed by atoms with Gasteiger partial charge in [-0.1, -0.05) is 11.6 Å². The quantitative estimate of drug-likeness (QED) is 0.873. The number of rotatable bonds is 2. The second-order valence-electron chi connectivity index (χ2n) is 4.10. The molecule has 0 aliphatic heterocycles. The van der Waals surface area contributed by atoms with E-state index >= 15 is 0 Å². The number of amides is 1. The molecule has 0 bridgehead atoms. The minimum atomic E-state index is -1.05. The van der Waals surface area contributed by atoms with Gasteiger partial charge in [-0.3, -0.25) is 4.79 Å². The Bertz CT molecular complexity index is 641. The molecule has 0 saturated carbocycles. The van der Waals surface area contributed by atoms with E-state index in [1.165, 1.54) is 18.2 Å². The van der Waals surface area contributed by atoms with Gasteiger partial charge < -0.3 is 10.4 Å². The van der Waals surface area contributed by atoms with E-state index in [4.69, 9.17) is 0 Å². The number of phenols is 1. The topological polar surface area (TPSA) is 49.3 Å². The summed E-state index contributed by atoms with van der Waals surface area (Å²) in [7, 11) is 0. The molecule has 1 amide bonds. The molecule has 0 saturated heterocycles. The van der Waals surface area contributed by atoms with Crippen molar-refractivity contribution in [1.29, 1.82) is 0 Å². The van der Waals surface area contributed by atoms with Crippen molar-refractivity contribution in [2.45, 2.75) is 6.92 Å². The van der Waals surface area contributed by atoms with Crippen molar-refractivity contribution in [2.75, 3.05) is 5.32 Å². The van der Waals surface area contributed by atoms with Crippen molar-refractivity contribution in [3.63, 3.8) is 0 Å². The van der Waals surface area contributed by atoms with Crippen LogP contribution in [0.2, 0.25) is 0 Å². The van der Waals surface area contributed by atoms with Crippen LogP contribution in [0.5, 0.6) is 5.75 Å². The average molecular weight is 263 g/mol. The standard InChI is InChI=1S/C14H11F2NO2/c1-8-2-5-13(18)10(6-8)14(19)17-9-3-4-11(15)12(16)7-9/h2-7,18H,1H3,(H,17,19). The minimum Gasteiger partial charge on any atom is -0.507 e. The average Bonchev–Trinajstić information content (AvgIpc) is 2.36. The maximum atomic E-state index is 13.0. The van der Waals surface area contributed by atoms with Crippen LogP contribution in [0, 0.1) is 18.6 Å². The number of carbonyl (C=O) groups excluding carboxylic acids is 1. The first-order valence-electron chi connectivity index (χ1n) is 5.53. The molecule has 2 N–H and O–H groups in total. The molecule has 98 valence electrons. The SMILES string of the molecule is Cc1ccc(O)c(C(=O)Nc2ccc(F)c(F)c2)c1. The maximum Gasteiger partial charge on any atom is 0.259 e. The van der Waals surface area contributed by atoms with Crippen LogP contribution < -0.4 is 5.32 Å². The first-order valence-corrected chi connectivity index (χ1v) is 5.53. The third kappa shape index (κ3) is 2.88. The van der Waals surface area contributed by atoms with Gasteiger partial charge in [-0.15, -0.1) is 0 Å². The highest BCUT2D eigenvalue weighted by molar-refractivity contribution is 6.06. The van der Waals surface area contributed by atoms with Crippen LogP contribution in [0.3, 0.4) is 0 Å². The fourth-order valence-corrected chi connectivity index (χ4v) is 1.60. The minimum absolute atomic E-state index is 0.0738. The molecule has 0 aliphatic carbocycles. The molecular weight excluding hydrogens is 252 g/mol. The lowest BCUT2D eigenvalue weighted by Crippen LogP contribution is -2.12. The Hall–Kier alpha value is -2.43. The van der Waals surface area contributed by atoms with Crippen LogP contribution in [0.4, 0.5) is 14.5 Å². The van der Waals surface area contributed by atoms with E-state index < -0.39 is 17.5 Å². The molecular formula is C14H11F2NO2. The summed E-state index contributed by atoms with van der Waals surface area (Å²) in [6.07, 6.45) is 0. The lowest BCUT2D eigenvalue weighted by Gasteiger charge is -2.08. The molecule has 3 nitrogen and oxygen atoms in total. The molecule has 0 atom stereocenters. The number of hydrogen-bond donors (Lipinski definition) is 2. The largest absolute Gasteiger partial charge is 0.507 e. The Labute approximate surface area is 108 Å². The van der Waals surface area contributed by atoms with Crippen LogP contribution in [-0.4, -0.2) is 11.0 Å². The number of aryl methyl sites for hydroxylation is 1. The number of nitrogens with one attached hydrogen (secondary N) is 1. The van der Waals surface area contributed by atoms with E-state index in [0.717, 1.165) is 17.7 Å². The van der Waals surface area contributed by atoms with Gasteiger partial charge in [0.15, 0.2) is 11.6 Å². The summed E-state index contributed by atoms with van der Waals surface area (Å²) in [5.74, 6) is -2.81. The molecule has 0 unspecified atom stereocenters. The summed E-state index contributed by atoms with van der Waals surface area (Å²) < 4.78 is 25.7. The molecule has 0 aliphatic rings. The number of anilines is 1. The third-order valence-corrected chi connectivity index (χ3v) is 2.57. The van der Waals surface area contributed by atoms with Crippen LogP contribution in [0.25, 0.3) is 0 Å². The molecule has 2 aromatic rings. The third-order valence-electron chi connectivity index (χ3n) is 2.57. The van der Waals surface area contributed by atoms with Gasteiger partial charge in [-0.25, -0.2) is 8.78 Å². The van der Waals surface area contributed by atoms with Gasteiger partial charge in [-0.2, -0.15) is 0 Å². The lowest BCUT2D eigenvalue weighted by atomic mass is 10.1. The normalized spacial score (nSPS) is 10.3. The van der Waals surface area contributed by atoms with Gasteiger partial charge in [0, 0.05) is 11.8 Å². The smallest absolute Gasteiger partial charge is 0.259 e. The molecule has 2 aromatic carbocycles. The Morgan fingerprint density at radius 1 is 1.11 bits per heavy atom. The summed E-state index contributed by atoms with van der Waals surface area (Å²) in [4.78, 5) is 11.9. The van der Waals surface area contributed by atoms with Crippen molar-refractivity contribution < 1.29 is 18.7 Å². The summed E-state index contributed by atoms with van der Waals surface area (Å²) in [6.45, 7) is 1.77. The summed E-state index contributed by atoms with van der Waals surface area (Å²) >= 11 is 0. The van der Waals surface area contributed by atoms with Gasteiger partial charge in [0.2, 0.25) is 0 Å². The monoisotopic (exact) mass is 263 g/mol. The van der Waals surface area contributed by atoms with Crippen LogP contribution in [0.15, 0.2) is 36.4 Å². The fraction of sp³-hybridized carbons (Fsp3) is 0.0714. The van der Waals surface area contributed by atoms with Gasteiger partial charge in [-0.05, 0) is 31.2 Å². The van der Waals surface area contributed by atoms with Gasteiger partial charge >= 0.3 is 0 Å². The predicted octanol–water partition coefficient (Wildman–Crippen LogP) is 3.23. The first kappa shape index (κ1) is 13.0. The van der Waals surface area contributed by atoms with Crippen molar-refractivity contribution in [3.8, 4) is 5.75 Å². The van der Waals surface area contributed by atoms with Gasteiger partial charge in [0.05, 0.1) is 5.56 Å². The Morgan fingerprint density at radius 2 is 1.84 bits per heavy atom.